The van der Waals surface area contributed by atoms with Gasteiger partial charge < -0.3 is 5.32 Å². The molecule has 2 atom stereocenters. The topological polar surface area (TPSA) is 66.1 Å². The van der Waals surface area contributed by atoms with Crippen LogP contribution in [0, 0.1) is 6.92 Å². The smallest absolute Gasteiger partial charge is 0.238 e. The zero-order valence-electron chi connectivity index (χ0n) is 12.1. The summed E-state index contributed by atoms with van der Waals surface area (Å²) in [6.45, 7) is 2.41. The molecule has 2 heterocycles. The third-order valence-electron chi connectivity index (χ3n) is 3.58. The van der Waals surface area contributed by atoms with Crippen LogP contribution in [0.2, 0.25) is 5.02 Å². The average molecular weight is 337 g/mol. The Bertz CT molecular complexity index is 675. The summed E-state index contributed by atoms with van der Waals surface area (Å²) in [5.41, 5.74) is 8.16. The molecule has 3 N–H and O–H groups in total. The molecule has 0 aliphatic carbocycles. The number of amides is 1. The van der Waals surface area contributed by atoms with Gasteiger partial charge in [0, 0.05) is 22.1 Å². The van der Waals surface area contributed by atoms with Crippen molar-refractivity contribution in [1.82, 2.24) is 21.2 Å². The molecule has 7 heteroatoms. The Morgan fingerprint density at radius 2 is 2.27 bits per heavy atom. The van der Waals surface area contributed by atoms with E-state index in [1.54, 1.807) is 11.3 Å². The van der Waals surface area contributed by atoms with Crippen LogP contribution < -0.4 is 16.2 Å². The molecule has 0 saturated carbocycles. The van der Waals surface area contributed by atoms with Crippen LogP contribution in [-0.4, -0.2) is 16.9 Å². The van der Waals surface area contributed by atoms with Crippen molar-refractivity contribution in [2.75, 3.05) is 0 Å². The number of nitrogens with one attached hydrogen (secondary N) is 3. The molecule has 22 heavy (non-hydrogen) atoms. The highest BCUT2D eigenvalue weighted by Crippen LogP contribution is 2.28. The molecule has 5 nitrogen and oxygen atoms in total. The van der Waals surface area contributed by atoms with Crippen LogP contribution in [0.25, 0.3) is 0 Å². The maximum Gasteiger partial charge on any atom is 0.238 e. The maximum atomic E-state index is 12.2. The first kappa shape index (κ1) is 15.4. The van der Waals surface area contributed by atoms with E-state index in [0.717, 1.165) is 16.3 Å². The number of carbonyl (C=O) groups is 1. The molecule has 0 bridgehead atoms. The van der Waals surface area contributed by atoms with Gasteiger partial charge >= 0.3 is 0 Å². The number of thiazole rings is 1. The minimum atomic E-state index is -0.276. The molecule has 1 fully saturated rings. The van der Waals surface area contributed by atoms with Crippen LogP contribution in [0.1, 0.15) is 28.7 Å². The lowest BCUT2D eigenvalue weighted by molar-refractivity contribution is -0.123. The predicted octanol–water partition coefficient (Wildman–Crippen LogP) is 2.33. The summed E-state index contributed by atoms with van der Waals surface area (Å²) in [4.78, 5) is 16.6. The maximum absolute atomic E-state index is 12.2. The van der Waals surface area contributed by atoms with Gasteiger partial charge in [-0.15, -0.1) is 11.3 Å². The monoisotopic (exact) mass is 336 g/mol. The number of hydrazine groups is 1. The molecule has 0 spiro atoms. The molecule has 2 aromatic rings. The van der Waals surface area contributed by atoms with Crippen molar-refractivity contribution in [3.05, 3.63) is 50.9 Å². The molecule has 3 rings (SSSR count). The van der Waals surface area contributed by atoms with Gasteiger partial charge in [-0.25, -0.2) is 15.8 Å². The third-order valence-corrected chi connectivity index (χ3v) is 4.89. The number of halogens is 1. The highest BCUT2D eigenvalue weighted by molar-refractivity contribution is 7.09. The Hall–Kier alpha value is -1.47. The van der Waals surface area contributed by atoms with Gasteiger partial charge in [0.1, 0.15) is 11.0 Å². The van der Waals surface area contributed by atoms with Crippen molar-refractivity contribution in [3.8, 4) is 0 Å². The fourth-order valence-corrected chi connectivity index (χ4v) is 3.44. The Kier molecular flexibility index (Phi) is 4.73. The number of aryl methyl sites for hydroxylation is 1. The Morgan fingerprint density at radius 3 is 3.00 bits per heavy atom. The van der Waals surface area contributed by atoms with Crippen molar-refractivity contribution in [2.24, 2.45) is 0 Å². The number of carbonyl (C=O) groups excluding carboxylic acids is 1. The van der Waals surface area contributed by atoms with Crippen molar-refractivity contribution in [2.45, 2.75) is 32.0 Å². The zero-order chi connectivity index (χ0) is 15.5. The molecular weight excluding hydrogens is 320 g/mol. The largest absolute Gasteiger partial charge is 0.348 e. The van der Waals surface area contributed by atoms with Crippen LogP contribution in [0.4, 0.5) is 0 Å². The van der Waals surface area contributed by atoms with Gasteiger partial charge in [0.2, 0.25) is 5.91 Å². The fourth-order valence-electron chi connectivity index (χ4n) is 2.46. The number of aromatic nitrogens is 1. The van der Waals surface area contributed by atoms with E-state index in [1.165, 1.54) is 0 Å². The summed E-state index contributed by atoms with van der Waals surface area (Å²) in [5, 5.41) is 6.52. The van der Waals surface area contributed by atoms with Gasteiger partial charge in [-0.1, -0.05) is 29.8 Å². The van der Waals surface area contributed by atoms with Gasteiger partial charge in [-0.2, -0.15) is 0 Å². The van der Waals surface area contributed by atoms with Gasteiger partial charge in [0.25, 0.3) is 0 Å². The van der Waals surface area contributed by atoms with Crippen molar-refractivity contribution in [3.63, 3.8) is 0 Å². The minimum Gasteiger partial charge on any atom is -0.348 e. The lowest BCUT2D eigenvalue weighted by Gasteiger charge is -2.11. The highest BCUT2D eigenvalue weighted by atomic mass is 35.5. The molecule has 1 aliphatic heterocycles. The summed E-state index contributed by atoms with van der Waals surface area (Å²) >= 11 is 7.75. The third kappa shape index (κ3) is 3.47. The predicted molar refractivity (Wildman–Crippen MR) is 87.6 cm³/mol. The van der Waals surface area contributed by atoms with E-state index in [4.69, 9.17) is 11.6 Å². The summed E-state index contributed by atoms with van der Waals surface area (Å²) in [6, 6.07) is 7.43. The standard InChI is InChI=1S/C15H17ClN4OS/c1-9-8-22-14(18-9)7-17-15(21)13-6-12(19-20-13)10-4-2-3-5-11(10)16/h2-5,8,12-13,19-20H,6-7H2,1H3,(H,17,21). The van der Waals surface area contributed by atoms with Crippen LogP contribution in [-0.2, 0) is 11.3 Å². The molecule has 1 aliphatic rings. The first-order valence-corrected chi connectivity index (χ1v) is 8.33. The molecule has 116 valence electrons. The van der Waals surface area contributed by atoms with E-state index in [1.807, 2.05) is 36.6 Å². The number of hydrogen-bond donors (Lipinski definition) is 3. The van der Waals surface area contributed by atoms with Crippen LogP contribution >= 0.6 is 22.9 Å². The number of rotatable bonds is 4. The summed E-state index contributed by atoms with van der Waals surface area (Å²) in [6.07, 6.45) is 0.659. The second-order valence-electron chi connectivity index (χ2n) is 5.25. The second-order valence-corrected chi connectivity index (χ2v) is 6.60. The van der Waals surface area contributed by atoms with E-state index in [9.17, 15) is 4.79 Å². The number of nitrogens with zero attached hydrogens (tertiary/aromatic N) is 1. The fraction of sp³-hybridized carbons (Fsp3) is 0.333. The van der Waals surface area contributed by atoms with Gasteiger partial charge in [0.15, 0.2) is 0 Å². The average Bonchev–Trinajstić information content (AvgIpc) is 3.14. The van der Waals surface area contributed by atoms with E-state index < -0.39 is 0 Å². The lowest BCUT2D eigenvalue weighted by Crippen LogP contribution is -2.42. The molecule has 2 unspecified atom stereocenters. The van der Waals surface area contributed by atoms with E-state index in [-0.39, 0.29) is 18.0 Å². The minimum absolute atomic E-state index is 0.0325. The van der Waals surface area contributed by atoms with Crippen molar-refractivity contribution in [1.29, 1.82) is 0 Å². The van der Waals surface area contributed by atoms with Crippen LogP contribution in [0.15, 0.2) is 29.6 Å². The Morgan fingerprint density at radius 1 is 1.45 bits per heavy atom. The molecule has 1 saturated heterocycles. The van der Waals surface area contributed by atoms with Gasteiger partial charge in [-0.05, 0) is 25.0 Å². The second kappa shape index (κ2) is 6.75. The van der Waals surface area contributed by atoms with Crippen LogP contribution in [0.3, 0.4) is 0 Å². The van der Waals surface area contributed by atoms with E-state index >= 15 is 0 Å². The normalized spacial score (nSPS) is 21.0. The van der Waals surface area contributed by atoms with E-state index in [2.05, 4.69) is 21.2 Å². The first-order chi connectivity index (χ1) is 10.6. The number of hydrogen-bond acceptors (Lipinski definition) is 5. The Balaban J connectivity index is 1.56. The summed E-state index contributed by atoms with van der Waals surface area (Å²) in [7, 11) is 0. The molecule has 1 aromatic heterocycles. The number of benzene rings is 1. The summed E-state index contributed by atoms with van der Waals surface area (Å²) in [5.74, 6) is -0.0325. The van der Waals surface area contributed by atoms with E-state index in [0.29, 0.717) is 18.0 Å². The van der Waals surface area contributed by atoms with Crippen molar-refractivity contribution >= 4 is 28.8 Å². The van der Waals surface area contributed by atoms with Gasteiger partial charge in [-0.3, -0.25) is 4.79 Å². The Labute approximate surface area is 138 Å². The van der Waals surface area contributed by atoms with Crippen LogP contribution in [0.5, 0.6) is 0 Å². The quantitative estimate of drug-likeness (QED) is 0.801. The zero-order valence-corrected chi connectivity index (χ0v) is 13.7. The lowest BCUT2D eigenvalue weighted by atomic mass is 10.0. The summed E-state index contributed by atoms with van der Waals surface area (Å²) < 4.78 is 0. The van der Waals surface area contributed by atoms with Gasteiger partial charge in [0.05, 0.1) is 6.54 Å². The molecular formula is C15H17ClN4OS. The first-order valence-electron chi connectivity index (χ1n) is 7.07. The molecule has 0 radical (unpaired) electrons. The molecule has 1 aromatic carbocycles. The van der Waals surface area contributed by atoms with Crippen molar-refractivity contribution < 1.29 is 4.79 Å². The highest BCUT2D eigenvalue weighted by Gasteiger charge is 2.30. The SMILES string of the molecule is Cc1csc(CNC(=O)C2CC(c3ccccc3Cl)NN2)n1. The molecule has 1 amide bonds.